The molecule has 0 unspecified atom stereocenters. The first kappa shape index (κ1) is 20.1. The summed E-state index contributed by atoms with van der Waals surface area (Å²) in [5, 5.41) is 0. The summed E-state index contributed by atoms with van der Waals surface area (Å²) in [5.41, 5.74) is 3.14. The number of imide groups is 1. The number of carbonyl (C=O) groups is 3. The molecule has 3 amide bonds. The molecule has 0 bridgehead atoms. The standard InChI is InChI=1S/C26H23N3O3/c30-24(29(21-9-10-21)17-19-7-4-13-27-16-19)20-8-11-22-23(15-20)26(32)28(25(22)31)14-12-18-5-2-1-3-6-18/h1-8,11,13,15-16,21H,9-10,12,14,17H2. The van der Waals surface area contributed by atoms with Gasteiger partial charge in [0.2, 0.25) is 0 Å². The quantitative estimate of drug-likeness (QED) is 0.541. The Balaban J connectivity index is 1.35. The van der Waals surface area contributed by atoms with Gasteiger partial charge in [-0.3, -0.25) is 24.3 Å². The van der Waals surface area contributed by atoms with E-state index in [2.05, 4.69) is 4.98 Å². The van der Waals surface area contributed by atoms with E-state index in [0.29, 0.717) is 36.2 Å². The van der Waals surface area contributed by atoms with Crippen molar-refractivity contribution in [3.63, 3.8) is 0 Å². The van der Waals surface area contributed by atoms with E-state index in [1.54, 1.807) is 30.6 Å². The lowest BCUT2D eigenvalue weighted by Gasteiger charge is -2.22. The molecule has 2 aliphatic rings. The summed E-state index contributed by atoms with van der Waals surface area (Å²) < 4.78 is 0. The highest BCUT2D eigenvalue weighted by atomic mass is 16.2. The number of carbonyl (C=O) groups excluding carboxylic acids is 3. The van der Waals surface area contributed by atoms with Crippen LogP contribution in [0, 0.1) is 0 Å². The summed E-state index contributed by atoms with van der Waals surface area (Å²) >= 11 is 0. The van der Waals surface area contributed by atoms with Gasteiger partial charge in [-0.1, -0.05) is 36.4 Å². The van der Waals surface area contributed by atoms with E-state index in [0.717, 1.165) is 24.0 Å². The first-order valence-corrected chi connectivity index (χ1v) is 10.9. The molecule has 2 heterocycles. The highest BCUT2D eigenvalue weighted by molar-refractivity contribution is 6.22. The van der Waals surface area contributed by atoms with Crippen LogP contribution in [0.3, 0.4) is 0 Å². The molecule has 6 nitrogen and oxygen atoms in total. The summed E-state index contributed by atoms with van der Waals surface area (Å²) in [7, 11) is 0. The van der Waals surface area contributed by atoms with Gasteiger partial charge in [0, 0.05) is 37.1 Å². The van der Waals surface area contributed by atoms with Crippen LogP contribution in [0.5, 0.6) is 0 Å². The van der Waals surface area contributed by atoms with Crippen molar-refractivity contribution >= 4 is 17.7 Å². The number of rotatable bonds is 7. The third kappa shape index (κ3) is 3.91. The lowest BCUT2D eigenvalue weighted by atomic mass is 10.0. The summed E-state index contributed by atoms with van der Waals surface area (Å²) in [4.78, 5) is 46.4. The Hall–Kier alpha value is -3.80. The van der Waals surface area contributed by atoms with Gasteiger partial charge >= 0.3 is 0 Å². The number of nitrogens with zero attached hydrogens (tertiary/aromatic N) is 3. The second-order valence-corrected chi connectivity index (χ2v) is 8.28. The maximum absolute atomic E-state index is 13.3. The van der Waals surface area contributed by atoms with E-state index in [4.69, 9.17) is 0 Å². The molecule has 1 aliphatic heterocycles. The predicted octanol–water partition coefficient (Wildman–Crippen LogP) is 3.73. The van der Waals surface area contributed by atoms with Gasteiger partial charge < -0.3 is 4.90 Å². The van der Waals surface area contributed by atoms with Crippen LogP contribution in [0.15, 0.2) is 73.1 Å². The SMILES string of the molecule is O=C1c2ccc(C(=O)N(Cc3cccnc3)C3CC3)cc2C(=O)N1CCc1ccccc1. The topological polar surface area (TPSA) is 70.6 Å². The normalized spacial score (nSPS) is 15.1. The highest BCUT2D eigenvalue weighted by Gasteiger charge is 2.37. The molecule has 1 saturated carbocycles. The Kier molecular flexibility index (Phi) is 5.27. The number of pyridine rings is 1. The third-order valence-corrected chi connectivity index (χ3v) is 6.01. The van der Waals surface area contributed by atoms with Crippen molar-refractivity contribution in [1.82, 2.24) is 14.8 Å². The minimum absolute atomic E-state index is 0.123. The Bertz CT molecular complexity index is 1170. The number of hydrogen-bond acceptors (Lipinski definition) is 4. The molecule has 0 atom stereocenters. The van der Waals surface area contributed by atoms with Gasteiger partial charge in [0.15, 0.2) is 0 Å². The van der Waals surface area contributed by atoms with Crippen LogP contribution >= 0.6 is 0 Å². The predicted molar refractivity (Wildman–Crippen MR) is 119 cm³/mol. The first-order valence-electron chi connectivity index (χ1n) is 10.9. The van der Waals surface area contributed by atoms with Gasteiger partial charge in [-0.25, -0.2) is 0 Å². The molecule has 5 rings (SSSR count). The molecular formula is C26H23N3O3. The van der Waals surface area contributed by atoms with Gasteiger partial charge in [-0.2, -0.15) is 0 Å². The zero-order chi connectivity index (χ0) is 22.1. The van der Waals surface area contributed by atoms with E-state index in [9.17, 15) is 14.4 Å². The van der Waals surface area contributed by atoms with Crippen molar-refractivity contribution in [3.05, 3.63) is 101 Å². The Morgan fingerprint density at radius 3 is 2.41 bits per heavy atom. The average molecular weight is 425 g/mol. The number of amides is 3. The maximum atomic E-state index is 13.3. The van der Waals surface area contributed by atoms with Crippen molar-refractivity contribution < 1.29 is 14.4 Å². The van der Waals surface area contributed by atoms with Crippen LogP contribution in [0.25, 0.3) is 0 Å². The highest BCUT2D eigenvalue weighted by Crippen LogP contribution is 2.31. The maximum Gasteiger partial charge on any atom is 0.261 e. The number of aromatic nitrogens is 1. The van der Waals surface area contributed by atoms with E-state index >= 15 is 0 Å². The van der Waals surface area contributed by atoms with Crippen LogP contribution in [0.1, 0.15) is 55.0 Å². The fraction of sp³-hybridized carbons (Fsp3) is 0.231. The Morgan fingerprint density at radius 1 is 0.938 bits per heavy atom. The number of benzene rings is 2. The van der Waals surface area contributed by atoms with Crippen LogP contribution < -0.4 is 0 Å². The Labute approximate surface area is 186 Å². The molecule has 0 N–H and O–H groups in total. The molecule has 0 saturated heterocycles. The van der Waals surface area contributed by atoms with Crippen molar-refractivity contribution in [2.45, 2.75) is 31.8 Å². The van der Waals surface area contributed by atoms with Gasteiger partial charge in [0.25, 0.3) is 17.7 Å². The lowest BCUT2D eigenvalue weighted by Crippen LogP contribution is -2.33. The largest absolute Gasteiger partial charge is 0.331 e. The molecule has 160 valence electrons. The van der Waals surface area contributed by atoms with Crippen LogP contribution in [0.4, 0.5) is 0 Å². The molecule has 0 radical (unpaired) electrons. The molecule has 32 heavy (non-hydrogen) atoms. The van der Waals surface area contributed by atoms with Crippen LogP contribution in [0.2, 0.25) is 0 Å². The molecule has 1 aromatic heterocycles. The summed E-state index contributed by atoms with van der Waals surface area (Å²) in [5.74, 6) is -0.753. The van der Waals surface area contributed by atoms with E-state index in [1.165, 1.54) is 4.90 Å². The summed E-state index contributed by atoms with van der Waals surface area (Å²) in [6.07, 6.45) is 6.01. The molecule has 0 spiro atoms. The molecule has 2 aromatic carbocycles. The minimum atomic E-state index is -0.333. The molecule has 1 aliphatic carbocycles. The monoisotopic (exact) mass is 425 g/mol. The van der Waals surface area contributed by atoms with Crippen LogP contribution in [-0.4, -0.2) is 45.1 Å². The van der Waals surface area contributed by atoms with Crippen molar-refractivity contribution in [2.24, 2.45) is 0 Å². The van der Waals surface area contributed by atoms with Gasteiger partial charge in [-0.05, 0) is 54.7 Å². The lowest BCUT2D eigenvalue weighted by molar-refractivity contribution is 0.0655. The number of hydrogen-bond donors (Lipinski definition) is 0. The number of fused-ring (bicyclic) bond motifs is 1. The van der Waals surface area contributed by atoms with E-state index in [-0.39, 0.29) is 23.8 Å². The van der Waals surface area contributed by atoms with Crippen molar-refractivity contribution in [2.75, 3.05) is 6.54 Å². The first-order chi connectivity index (χ1) is 15.6. The van der Waals surface area contributed by atoms with Crippen LogP contribution in [-0.2, 0) is 13.0 Å². The third-order valence-electron chi connectivity index (χ3n) is 6.01. The smallest absolute Gasteiger partial charge is 0.261 e. The summed E-state index contributed by atoms with van der Waals surface area (Å²) in [6, 6.07) is 18.6. The van der Waals surface area contributed by atoms with E-state index < -0.39 is 0 Å². The molecular weight excluding hydrogens is 402 g/mol. The van der Waals surface area contributed by atoms with Crippen molar-refractivity contribution in [1.29, 1.82) is 0 Å². The molecule has 1 fully saturated rings. The van der Waals surface area contributed by atoms with Gasteiger partial charge in [-0.15, -0.1) is 0 Å². The minimum Gasteiger partial charge on any atom is -0.331 e. The van der Waals surface area contributed by atoms with Gasteiger partial charge in [0.05, 0.1) is 11.1 Å². The second-order valence-electron chi connectivity index (χ2n) is 8.28. The van der Waals surface area contributed by atoms with Crippen molar-refractivity contribution in [3.8, 4) is 0 Å². The Morgan fingerprint density at radius 2 is 1.69 bits per heavy atom. The zero-order valence-electron chi connectivity index (χ0n) is 17.6. The fourth-order valence-corrected chi connectivity index (χ4v) is 4.12. The molecule has 3 aromatic rings. The van der Waals surface area contributed by atoms with Gasteiger partial charge in [0.1, 0.15) is 0 Å². The zero-order valence-corrected chi connectivity index (χ0v) is 17.6. The van der Waals surface area contributed by atoms with E-state index in [1.807, 2.05) is 47.4 Å². The summed E-state index contributed by atoms with van der Waals surface area (Å²) in [6.45, 7) is 0.791. The fourth-order valence-electron chi connectivity index (χ4n) is 4.12. The average Bonchev–Trinajstić information content (AvgIpc) is 3.65. The molecule has 6 heteroatoms. The second kappa shape index (κ2) is 8.38.